The summed E-state index contributed by atoms with van der Waals surface area (Å²) in [4.78, 5) is 15.5. The molecule has 1 amide bonds. The first kappa shape index (κ1) is 12.7. The van der Waals surface area contributed by atoms with E-state index in [0.29, 0.717) is 5.02 Å². The van der Waals surface area contributed by atoms with Crippen LogP contribution in [-0.2, 0) is 4.79 Å². The van der Waals surface area contributed by atoms with Gasteiger partial charge in [-0.05, 0) is 24.3 Å². The van der Waals surface area contributed by atoms with Crippen LogP contribution >= 0.6 is 11.6 Å². The minimum Gasteiger partial charge on any atom is -0.326 e. The molecule has 0 unspecified atom stereocenters. The predicted octanol–water partition coefficient (Wildman–Crippen LogP) is 3.61. The van der Waals surface area contributed by atoms with E-state index >= 15 is 0 Å². The number of aromatic nitrogens is 2. The van der Waals surface area contributed by atoms with Crippen molar-refractivity contribution in [1.82, 2.24) is 9.38 Å². The van der Waals surface area contributed by atoms with E-state index < -0.39 is 0 Å². The molecule has 1 N–H and O–H groups in total. The molecule has 0 spiro atoms. The molecule has 0 aliphatic rings. The zero-order valence-corrected chi connectivity index (χ0v) is 11.6. The van der Waals surface area contributed by atoms with Gasteiger partial charge >= 0.3 is 0 Å². The number of imidazole rings is 1. The fraction of sp³-hybridized carbons (Fsp3) is 0.0667. The molecule has 0 atom stereocenters. The van der Waals surface area contributed by atoms with Crippen molar-refractivity contribution in [2.45, 2.75) is 6.92 Å². The minimum absolute atomic E-state index is 0.0941. The topological polar surface area (TPSA) is 46.4 Å². The monoisotopic (exact) mass is 285 g/mol. The van der Waals surface area contributed by atoms with Crippen molar-refractivity contribution < 1.29 is 4.79 Å². The summed E-state index contributed by atoms with van der Waals surface area (Å²) in [5.41, 5.74) is 3.47. The number of pyridine rings is 1. The second kappa shape index (κ2) is 4.98. The van der Waals surface area contributed by atoms with Crippen LogP contribution in [0.5, 0.6) is 0 Å². The van der Waals surface area contributed by atoms with Crippen LogP contribution in [0.2, 0.25) is 5.02 Å². The van der Waals surface area contributed by atoms with E-state index in [1.165, 1.54) is 6.92 Å². The van der Waals surface area contributed by atoms with Gasteiger partial charge in [-0.15, -0.1) is 0 Å². The van der Waals surface area contributed by atoms with E-state index in [9.17, 15) is 4.79 Å². The molecule has 0 saturated heterocycles. The highest BCUT2D eigenvalue weighted by molar-refractivity contribution is 6.30. The average molecular weight is 286 g/mol. The molecule has 2 heterocycles. The van der Waals surface area contributed by atoms with Crippen molar-refractivity contribution >= 4 is 28.8 Å². The number of anilines is 1. The molecule has 0 saturated carbocycles. The largest absolute Gasteiger partial charge is 0.326 e. The Kier molecular flexibility index (Phi) is 3.16. The number of carbonyl (C=O) groups is 1. The summed E-state index contributed by atoms with van der Waals surface area (Å²) < 4.78 is 1.93. The molecule has 5 heteroatoms. The highest BCUT2D eigenvalue weighted by atomic mass is 35.5. The van der Waals surface area contributed by atoms with Crippen molar-refractivity contribution in [3.05, 3.63) is 53.8 Å². The standard InChI is InChI=1S/C15H12ClN3O/c1-10(20)18-13-4-2-3-11(7-13)14-8-17-15-6-5-12(16)9-19(14)15/h2-9H,1H3,(H,18,20). The molecule has 0 radical (unpaired) electrons. The fourth-order valence-corrected chi connectivity index (χ4v) is 2.29. The highest BCUT2D eigenvalue weighted by Crippen LogP contribution is 2.24. The van der Waals surface area contributed by atoms with Gasteiger partial charge in [-0.2, -0.15) is 0 Å². The number of hydrogen-bond acceptors (Lipinski definition) is 2. The first-order valence-corrected chi connectivity index (χ1v) is 6.52. The first-order chi connectivity index (χ1) is 9.63. The Hall–Kier alpha value is -2.33. The Bertz CT molecular complexity index is 795. The van der Waals surface area contributed by atoms with E-state index in [-0.39, 0.29) is 5.91 Å². The Morgan fingerprint density at radius 2 is 2.15 bits per heavy atom. The molecule has 0 aliphatic heterocycles. The van der Waals surface area contributed by atoms with Gasteiger partial charge in [0.05, 0.1) is 16.9 Å². The van der Waals surface area contributed by atoms with Crippen LogP contribution in [-0.4, -0.2) is 15.3 Å². The second-order valence-corrected chi connectivity index (χ2v) is 4.92. The van der Waals surface area contributed by atoms with Crippen molar-refractivity contribution in [2.75, 3.05) is 5.32 Å². The van der Waals surface area contributed by atoms with Crippen LogP contribution in [0.25, 0.3) is 16.9 Å². The lowest BCUT2D eigenvalue weighted by molar-refractivity contribution is -0.114. The van der Waals surface area contributed by atoms with Gasteiger partial charge in [0.2, 0.25) is 5.91 Å². The number of benzene rings is 1. The number of rotatable bonds is 2. The number of carbonyl (C=O) groups excluding carboxylic acids is 1. The Morgan fingerprint density at radius 3 is 2.95 bits per heavy atom. The van der Waals surface area contributed by atoms with Crippen LogP contribution in [0.3, 0.4) is 0 Å². The summed E-state index contributed by atoms with van der Waals surface area (Å²) in [6.07, 6.45) is 3.61. The maximum absolute atomic E-state index is 11.1. The lowest BCUT2D eigenvalue weighted by Gasteiger charge is -2.06. The number of fused-ring (bicyclic) bond motifs is 1. The maximum Gasteiger partial charge on any atom is 0.221 e. The lowest BCUT2D eigenvalue weighted by Crippen LogP contribution is -2.05. The molecule has 20 heavy (non-hydrogen) atoms. The molecule has 0 aliphatic carbocycles. The van der Waals surface area contributed by atoms with Gasteiger partial charge in [0.25, 0.3) is 0 Å². The quantitative estimate of drug-likeness (QED) is 0.782. The smallest absolute Gasteiger partial charge is 0.221 e. The number of nitrogens with zero attached hydrogens (tertiary/aromatic N) is 2. The van der Waals surface area contributed by atoms with Crippen molar-refractivity contribution in [2.24, 2.45) is 0 Å². The van der Waals surface area contributed by atoms with Gasteiger partial charge < -0.3 is 5.32 Å². The number of nitrogens with one attached hydrogen (secondary N) is 1. The fourth-order valence-electron chi connectivity index (χ4n) is 2.13. The lowest BCUT2D eigenvalue weighted by atomic mass is 10.1. The molecule has 0 fully saturated rings. The summed E-state index contributed by atoms with van der Waals surface area (Å²) in [6, 6.07) is 11.3. The van der Waals surface area contributed by atoms with Gasteiger partial charge in [-0.25, -0.2) is 4.98 Å². The van der Waals surface area contributed by atoms with Crippen LogP contribution in [0.1, 0.15) is 6.92 Å². The van der Waals surface area contributed by atoms with Crippen LogP contribution in [0.15, 0.2) is 48.8 Å². The molecule has 100 valence electrons. The maximum atomic E-state index is 11.1. The third-order valence-electron chi connectivity index (χ3n) is 2.95. The predicted molar refractivity (Wildman–Crippen MR) is 79.9 cm³/mol. The van der Waals surface area contributed by atoms with Gasteiger partial charge in [0.15, 0.2) is 0 Å². The van der Waals surface area contributed by atoms with Crippen LogP contribution in [0, 0.1) is 0 Å². The van der Waals surface area contributed by atoms with Gasteiger partial charge in [0, 0.05) is 24.4 Å². The van der Waals surface area contributed by atoms with Crippen molar-refractivity contribution in [3.63, 3.8) is 0 Å². The van der Waals surface area contributed by atoms with Gasteiger partial charge in [-0.3, -0.25) is 9.20 Å². The molecular weight excluding hydrogens is 274 g/mol. The van der Waals surface area contributed by atoms with E-state index in [1.54, 1.807) is 12.3 Å². The average Bonchev–Trinajstić information content (AvgIpc) is 2.81. The van der Waals surface area contributed by atoms with Crippen molar-refractivity contribution in [3.8, 4) is 11.3 Å². The van der Waals surface area contributed by atoms with Crippen LogP contribution in [0.4, 0.5) is 5.69 Å². The Balaban J connectivity index is 2.11. The first-order valence-electron chi connectivity index (χ1n) is 6.14. The molecule has 3 rings (SSSR count). The van der Waals surface area contributed by atoms with E-state index in [1.807, 2.05) is 40.9 Å². The van der Waals surface area contributed by atoms with Crippen LogP contribution < -0.4 is 5.32 Å². The molecular formula is C15H12ClN3O. The normalized spacial score (nSPS) is 10.7. The SMILES string of the molecule is CC(=O)Nc1cccc(-c2cnc3ccc(Cl)cn23)c1. The zero-order valence-electron chi connectivity index (χ0n) is 10.8. The summed E-state index contributed by atoms with van der Waals surface area (Å²) >= 11 is 6.03. The molecule has 3 aromatic rings. The molecule has 2 aromatic heterocycles. The number of halogens is 1. The Labute approximate surface area is 121 Å². The summed E-state index contributed by atoms with van der Waals surface area (Å²) in [7, 11) is 0. The van der Waals surface area contributed by atoms with E-state index in [0.717, 1.165) is 22.6 Å². The third kappa shape index (κ3) is 2.38. The molecule has 0 bridgehead atoms. The van der Waals surface area contributed by atoms with Gasteiger partial charge in [-0.1, -0.05) is 23.7 Å². The number of amides is 1. The summed E-state index contributed by atoms with van der Waals surface area (Å²) in [5.74, 6) is -0.0941. The third-order valence-corrected chi connectivity index (χ3v) is 3.17. The Morgan fingerprint density at radius 1 is 1.30 bits per heavy atom. The molecule has 1 aromatic carbocycles. The van der Waals surface area contributed by atoms with Crippen molar-refractivity contribution in [1.29, 1.82) is 0 Å². The zero-order chi connectivity index (χ0) is 14.1. The number of hydrogen-bond donors (Lipinski definition) is 1. The minimum atomic E-state index is -0.0941. The van der Waals surface area contributed by atoms with Gasteiger partial charge in [0.1, 0.15) is 5.65 Å². The summed E-state index contributed by atoms with van der Waals surface area (Å²) in [5, 5.41) is 3.42. The summed E-state index contributed by atoms with van der Waals surface area (Å²) in [6.45, 7) is 1.49. The second-order valence-electron chi connectivity index (χ2n) is 4.48. The highest BCUT2D eigenvalue weighted by Gasteiger charge is 2.07. The van der Waals surface area contributed by atoms with E-state index in [4.69, 9.17) is 11.6 Å². The molecule has 4 nitrogen and oxygen atoms in total. The van der Waals surface area contributed by atoms with E-state index in [2.05, 4.69) is 10.3 Å².